The van der Waals surface area contributed by atoms with Crippen molar-refractivity contribution in [2.75, 3.05) is 21.3 Å². The fourth-order valence-corrected chi connectivity index (χ4v) is 2.96. The van der Waals surface area contributed by atoms with Crippen LogP contribution in [0.4, 0.5) is 0 Å². The molecule has 5 nitrogen and oxygen atoms in total. The van der Waals surface area contributed by atoms with Crippen LogP contribution in [-0.4, -0.2) is 36.8 Å². The summed E-state index contributed by atoms with van der Waals surface area (Å²) in [4.78, 5) is 17.1. The average molecular weight is 288 g/mol. The molecule has 0 bridgehead atoms. The van der Waals surface area contributed by atoms with E-state index in [4.69, 9.17) is 9.57 Å². The number of hydroxylamine groups is 2. The molecule has 1 amide bonds. The van der Waals surface area contributed by atoms with Crippen LogP contribution >= 0.6 is 0 Å². The number of benzene rings is 1. The minimum atomic E-state index is 0.0201. The standard InChI is InChI=1S/C16H20N2O3/c1-17-9-14(11-8-13(11)16(19)18(2)21-4)12-7-10(20-3)5-6-15(12)17/h5-7,9,11,13H,8H2,1-4H3. The lowest BCUT2D eigenvalue weighted by Gasteiger charge is -2.13. The van der Waals surface area contributed by atoms with E-state index < -0.39 is 0 Å². The van der Waals surface area contributed by atoms with Gasteiger partial charge in [0.2, 0.25) is 5.91 Å². The number of hydrogen-bond donors (Lipinski definition) is 0. The van der Waals surface area contributed by atoms with Gasteiger partial charge in [0, 0.05) is 37.1 Å². The predicted octanol–water partition coefficient (Wildman–Crippen LogP) is 2.31. The average Bonchev–Trinajstić information content (AvgIpc) is 3.24. The second kappa shape index (κ2) is 5.07. The zero-order chi connectivity index (χ0) is 15.1. The molecule has 1 aromatic carbocycles. The van der Waals surface area contributed by atoms with Gasteiger partial charge in [-0.25, -0.2) is 5.06 Å². The Balaban J connectivity index is 1.94. The van der Waals surface area contributed by atoms with Crippen LogP contribution in [0.1, 0.15) is 17.9 Å². The van der Waals surface area contributed by atoms with E-state index in [1.54, 1.807) is 14.2 Å². The maximum absolute atomic E-state index is 12.2. The smallest absolute Gasteiger partial charge is 0.249 e. The Kier molecular flexibility index (Phi) is 3.37. The van der Waals surface area contributed by atoms with Crippen LogP contribution in [0.2, 0.25) is 0 Å². The van der Waals surface area contributed by atoms with Crippen LogP contribution in [0.15, 0.2) is 24.4 Å². The molecule has 112 valence electrons. The molecule has 3 rings (SSSR count). The van der Waals surface area contributed by atoms with Crippen molar-refractivity contribution in [1.29, 1.82) is 0 Å². The van der Waals surface area contributed by atoms with E-state index in [0.717, 1.165) is 23.1 Å². The molecule has 0 spiro atoms. The summed E-state index contributed by atoms with van der Waals surface area (Å²) >= 11 is 0. The van der Waals surface area contributed by atoms with Gasteiger partial charge < -0.3 is 9.30 Å². The Labute approximate surface area is 124 Å². The van der Waals surface area contributed by atoms with Crippen LogP contribution in [0, 0.1) is 5.92 Å². The zero-order valence-corrected chi connectivity index (χ0v) is 12.8. The second-order valence-corrected chi connectivity index (χ2v) is 5.55. The molecule has 0 N–H and O–H groups in total. The molecule has 5 heteroatoms. The number of nitrogens with zero attached hydrogens (tertiary/aromatic N) is 2. The molecular formula is C16H20N2O3. The first-order valence-corrected chi connectivity index (χ1v) is 7.01. The van der Waals surface area contributed by atoms with E-state index in [1.807, 2.05) is 19.2 Å². The van der Waals surface area contributed by atoms with Crippen molar-refractivity contribution < 1.29 is 14.4 Å². The molecule has 1 saturated carbocycles. The minimum Gasteiger partial charge on any atom is -0.497 e. The van der Waals surface area contributed by atoms with Gasteiger partial charge in [-0.15, -0.1) is 0 Å². The third-order valence-corrected chi connectivity index (χ3v) is 4.32. The normalized spacial score (nSPS) is 20.6. The monoisotopic (exact) mass is 288 g/mol. The molecule has 1 fully saturated rings. The SMILES string of the molecule is COc1ccc2c(c1)c(C1CC1C(=O)N(C)OC)cn2C. The maximum Gasteiger partial charge on any atom is 0.249 e. The molecule has 1 aromatic heterocycles. The molecule has 2 aromatic rings. The summed E-state index contributed by atoms with van der Waals surface area (Å²) < 4.78 is 7.41. The van der Waals surface area contributed by atoms with E-state index in [-0.39, 0.29) is 17.7 Å². The lowest BCUT2D eigenvalue weighted by atomic mass is 10.1. The molecule has 1 heterocycles. The highest BCUT2D eigenvalue weighted by Crippen LogP contribution is 2.51. The fourth-order valence-electron chi connectivity index (χ4n) is 2.96. The van der Waals surface area contributed by atoms with Gasteiger partial charge in [-0.1, -0.05) is 0 Å². The summed E-state index contributed by atoms with van der Waals surface area (Å²) in [7, 11) is 6.86. The van der Waals surface area contributed by atoms with Crippen molar-refractivity contribution in [3.63, 3.8) is 0 Å². The van der Waals surface area contributed by atoms with Crippen LogP contribution in [0.25, 0.3) is 10.9 Å². The fraction of sp³-hybridized carbons (Fsp3) is 0.438. The van der Waals surface area contributed by atoms with Gasteiger partial charge in [-0.2, -0.15) is 0 Å². The first-order chi connectivity index (χ1) is 10.1. The van der Waals surface area contributed by atoms with E-state index >= 15 is 0 Å². The molecular weight excluding hydrogens is 268 g/mol. The molecule has 1 aliphatic carbocycles. The quantitative estimate of drug-likeness (QED) is 0.811. The summed E-state index contributed by atoms with van der Waals surface area (Å²) in [5.41, 5.74) is 2.37. The van der Waals surface area contributed by atoms with Crippen molar-refractivity contribution in [3.05, 3.63) is 30.0 Å². The van der Waals surface area contributed by atoms with E-state index in [1.165, 1.54) is 17.7 Å². The Morgan fingerprint density at radius 2 is 2.14 bits per heavy atom. The number of carbonyl (C=O) groups excluding carboxylic acids is 1. The van der Waals surface area contributed by atoms with Crippen molar-refractivity contribution in [3.8, 4) is 5.75 Å². The number of aromatic nitrogens is 1. The summed E-state index contributed by atoms with van der Waals surface area (Å²) in [6, 6.07) is 6.06. The van der Waals surface area contributed by atoms with Crippen molar-refractivity contribution in [2.45, 2.75) is 12.3 Å². The highest BCUT2D eigenvalue weighted by Gasteiger charge is 2.46. The van der Waals surface area contributed by atoms with Crippen molar-refractivity contribution in [2.24, 2.45) is 13.0 Å². The Morgan fingerprint density at radius 1 is 1.38 bits per heavy atom. The Bertz CT molecular complexity index is 692. The third-order valence-electron chi connectivity index (χ3n) is 4.32. The number of ether oxygens (including phenoxy) is 1. The molecule has 2 atom stereocenters. The predicted molar refractivity (Wildman–Crippen MR) is 80.1 cm³/mol. The van der Waals surface area contributed by atoms with Crippen LogP contribution in [-0.2, 0) is 16.7 Å². The van der Waals surface area contributed by atoms with Gasteiger partial charge in [0.1, 0.15) is 5.75 Å². The summed E-state index contributed by atoms with van der Waals surface area (Å²) in [5, 5.41) is 2.48. The van der Waals surface area contributed by atoms with Gasteiger partial charge in [0.05, 0.1) is 14.2 Å². The highest BCUT2D eigenvalue weighted by atomic mass is 16.7. The topological polar surface area (TPSA) is 43.7 Å². The summed E-state index contributed by atoms with van der Waals surface area (Å²) in [6.45, 7) is 0. The van der Waals surface area contributed by atoms with Gasteiger partial charge >= 0.3 is 0 Å². The number of fused-ring (bicyclic) bond motifs is 1. The van der Waals surface area contributed by atoms with Crippen LogP contribution < -0.4 is 4.74 Å². The number of aryl methyl sites for hydroxylation is 1. The molecule has 21 heavy (non-hydrogen) atoms. The summed E-state index contributed by atoms with van der Waals surface area (Å²) in [5.74, 6) is 1.17. The van der Waals surface area contributed by atoms with Gasteiger partial charge in [0.25, 0.3) is 0 Å². The Morgan fingerprint density at radius 3 is 2.81 bits per heavy atom. The Hall–Kier alpha value is -2.01. The number of methoxy groups -OCH3 is 1. The van der Waals surface area contributed by atoms with E-state index in [0.29, 0.717) is 0 Å². The van der Waals surface area contributed by atoms with Gasteiger partial charge in [-0.05, 0) is 36.1 Å². The largest absolute Gasteiger partial charge is 0.497 e. The highest BCUT2D eigenvalue weighted by molar-refractivity contribution is 5.89. The number of carbonyl (C=O) groups is 1. The first kappa shape index (κ1) is 13.9. The first-order valence-electron chi connectivity index (χ1n) is 7.01. The number of amides is 1. The van der Waals surface area contributed by atoms with E-state index in [9.17, 15) is 4.79 Å². The second-order valence-electron chi connectivity index (χ2n) is 5.55. The zero-order valence-electron chi connectivity index (χ0n) is 12.8. The molecule has 1 aliphatic rings. The molecule has 0 radical (unpaired) electrons. The van der Waals surface area contributed by atoms with Crippen molar-refractivity contribution in [1.82, 2.24) is 9.63 Å². The summed E-state index contributed by atoms with van der Waals surface area (Å²) in [6.07, 6.45) is 3.00. The van der Waals surface area contributed by atoms with Crippen LogP contribution in [0.3, 0.4) is 0 Å². The molecule has 0 aliphatic heterocycles. The third kappa shape index (κ3) is 2.27. The number of rotatable bonds is 4. The van der Waals surface area contributed by atoms with Crippen LogP contribution in [0.5, 0.6) is 5.75 Å². The number of hydrogen-bond acceptors (Lipinski definition) is 3. The maximum atomic E-state index is 12.2. The lowest BCUT2D eigenvalue weighted by molar-refractivity contribution is -0.170. The lowest BCUT2D eigenvalue weighted by Crippen LogP contribution is -2.27. The molecule has 0 saturated heterocycles. The van der Waals surface area contributed by atoms with Gasteiger partial charge in [-0.3, -0.25) is 9.63 Å². The minimum absolute atomic E-state index is 0.0201. The molecule has 2 unspecified atom stereocenters. The van der Waals surface area contributed by atoms with E-state index in [2.05, 4.69) is 16.8 Å². The van der Waals surface area contributed by atoms with Gasteiger partial charge in [0.15, 0.2) is 0 Å². The van der Waals surface area contributed by atoms with Crippen molar-refractivity contribution >= 4 is 16.8 Å².